The third-order valence-corrected chi connectivity index (χ3v) is 3.89. The molecule has 0 aromatic heterocycles. The lowest BCUT2D eigenvalue weighted by molar-refractivity contribution is -0.0653. The fourth-order valence-corrected chi connectivity index (χ4v) is 2.81. The van der Waals surface area contributed by atoms with Crippen molar-refractivity contribution < 1.29 is 4.74 Å². The van der Waals surface area contributed by atoms with Crippen LogP contribution < -0.4 is 5.73 Å². The van der Waals surface area contributed by atoms with Crippen LogP contribution in [-0.2, 0) is 4.74 Å². The number of benzene rings is 1. The average molecular weight is 269 g/mol. The highest BCUT2D eigenvalue weighted by Crippen LogP contribution is 2.30. The number of nitrogens with two attached hydrogens (primary N) is 1. The molecule has 18 heavy (non-hydrogen) atoms. The van der Waals surface area contributed by atoms with Gasteiger partial charge in [0.05, 0.1) is 12.7 Å². The van der Waals surface area contributed by atoms with Gasteiger partial charge in [0.2, 0.25) is 0 Å². The quantitative estimate of drug-likeness (QED) is 0.915. The molecule has 3 nitrogen and oxygen atoms in total. The predicted molar refractivity (Wildman–Crippen MR) is 74.8 cm³/mol. The molecule has 3 unspecified atom stereocenters. The van der Waals surface area contributed by atoms with E-state index in [1.54, 1.807) is 0 Å². The summed E-state index contributed by atoms with van der Waals surface area (Å²) in [6.45, 7) is 6.49. The Morgan fingerprint density at radius 2 is 2.17 bits per heavy atom. The molecule has 0 spiro atoms. The molecular formula is C14H21ClN2O. The Bertz CT molecular complexity index is 399. The summed E-state index contributed by atoms with van der Waals surface area (Å²) < 4.78 is 5.67. The Labute approximate surface area is 114 Å². The van der Waals surface area contributed by atoms with Crippen LogP contribution in [0.5, 0.6) is 0 Å². The van der Waals surface area contributed by atoms with E-state index in [4.69, 9.17) is 22.1 Å². The van der Waals surface area contributed by atoms with Crippen molar-refractivity contribution in [3.8, 4) is 0 Å². The lowest BCUT2D eigenvalue weighted by atomic mass is 10.0. The number of halogens is 1. The van der Waals surface area contributed by atoms with E-state index in [0.29, 0.717) is 12.6 Å². The summed E-state index contributed by atoms with van der Waals surface area (Å²) in [5, 5.41) is 0.791. The number of morpholine rings is 1. The van der Waals surface area contributed by atoms with Crippen molar-refractivity contribution in [2.75, 3.05) is 19.7 Å². The number of ether oxygens (including phenoxy) is 1. The number of nitrogens with zero attached hydrogens (tertiary/aromatic N) is 1. The molecule has 100 valence electrons. The summed E-state index contributed by atoms with van der Waals surface area (Å²) in [5.41, 5.74) is 7.08. The normalized spacial score (nSPS) is 27.1. The minimum Gasteiger partial charge on any atom is -0.376 e. The summed E-state index contributed by atoms with van der Waals surface area (Å²) in [6.07, 6.45) is 0.248. The van der Waals surface area contributed by atoms with E-state index in [2.05, 4.69) is 24.8 Å². The van der Waals surface area contributed by atoms with Crippen LogP contribution in [0.4, 0.5) is 0 Å². The van der Waals surface area contributed by atoms with Gasteiger partial charge in [-0.25, -0.2) is 0 Å². The van der Waals surface area contributed by atoms with Crippen molar-refractivity contribution >= 4 is 11.6 Å². The van der Waals surface area contributed by atoms with Crippen molar-refractivity contribution in [2.45, 2.75) is 32.0 Å². The van der Waals surface area contributed by atoms with Gasteiger partial charge in [-0.1, -0.05) is 29.8 Å². The molecule has 2 N–H and O–H groups in total. The molecule has 1 heterocycles. The molecule has 4 heteroatoms. The lowest BCUT2D eigenvalue weighted by Gasteiger charge is -2.42. The highest BCUT2D eigenvalue weighted by molar-refractivity contribution is 6.31. The van der Waals surface area contributed by atoms with E-state index in [-0.39, 0.29) is 12.1 Å². The molecule has 0 saturated carbocycles. The van der Waals surface area contributed by atoms with Crippen molar-refractivity contribution in [1.29, 1.82) is 0 Å². The molecule has 1 aromatic rings. The van der Waals surface area contributed by atoms with Crippen molar-refractivity contribution in [3.63, 3.8) is 0 Å². The Balaban J connectivity index is 2.25. The SMILES string of the molecule is CC1CN(C(CN)c2ccccc2Cl)C(C)CO1. The first kappa shape index (κ1) is 13.8. The summed E-state index contributed by atoms with van der Waals surface area (Å²) >= 11 is 6.29. The van der Waals surface area contributed by atoms with Gasteiger partial charge in [0.15, 0.2) is 0 Å². The van der Waals surface area contributed by atoms with E-state index >= 15 is 0 Å². The van der Waals surface area contributed by atoms with E-state index in [9.17, 15) is 0 Å². The van der Waals surface area contributed by atoms with Gasteiger partial charge < -0.3 is 10.5 Å². The van der Waals surface area contributed by atoms with E-state index < -0.39 is 0 Å². The van der Waals surface area contributed by atoms with Gasteiger partial charge in [0, 0.05) is 30.2 Å². The maximum absolute atomic E-state index is 6.29. The Morgan fingerprint density at radius 1 is 1.44 bits per heavy atom. The van der Waals surface area contributed by atoms with Crippen LogP contribution in [0, 0.1) is 0 Å². The fraction of sp³-hybridized carbons (Fsp3) is 0.571. The summed E-state index contributed by atoms with van der Waals surface area (Å²) in [7, 11) is 0. The van der Waals surface area contributed by atoms with Crippen molar-refractivity contribution in [2.24, 2.45) is 5.73 Å². The van der Waals surface area contributed by atoms with Crippen LogP contribution in [-0.4, -0.2) is 36.7 Å². The molecular weight excluding hydrogens is 248 g/mol. The summed E-state index contributed by atoms with van der Waals surface area (Å²) in [5.74, 6) is 0. The lowest BCUT2D eigenvalue weighted by Crippen LogP contribution is -2.50. The minimum atomic E-state index is 0.167. The molecule has 1 aromatic carbocycles. The molecule has 3 atom stereocenters. The highest BCUT2D eigenvalue weighted by Gasteiger charge is 2.30. The maximum Gasteiger partial charge on any atom is 0.0675 e. The highest BCUT2D eigenvalue weighted by atomic mass is 35.5. The Kier molecular flexibility index (Phi) is 4.62. The molecule has 0 aliphatic carbocycles. The molecule has 1 fully saturated rings. The van der Waals surface area contributed by atoms with Gasteiger partial charge in [-0.2, -0.15) is 0 Å². The van der Waals surface area contributed by atoms with Gasteiger partial charge in [-0.15, -0.1) is 0 Å². The first-order valence-corrected chi connectivity index (χ1v) is 6.83. The summed E-state index contributed by atoms with van der Waals surface area (Å²) in [6, 6.07) is 8.48. The number of hydrogen-bond acceptors (Lipinski definition) is 3. The number of rotatable bonds is 3. The third kappa shape index (κ3) is 2.86. The zero-order valence-corrected chi connectivity index (χ0v) is 11.7. The Hall–Kier alpha value is -0.610. The first-order chi connectivity index (χ1) is 8.63. The Morgan fingerprint density at radius 3 is 2.83 bits per heavy atom. The van der Waals surface area contributed by atoms with E-state index in [0.717, 1.165) is 23.7 Å². The predicted octanol–water partition coefficient (Wildman–Crippen LogP) is 2.45. The van der Waals surface area contributed by atoms with Gasteiger partial charge in [-0.3, -0.25) is 4.90 Å². The average Bonchev–Trinajstić information content (AvgIpc) is 2.36. The smallest absolute Gasteiger partial charge is 0.0675 e. The van der Waals surface area contributed by atoms with Crippen LogP contribution in [0.25, 0.3) is 0 Å². The van der Waals surface area contributed by atoms with Crippen molar-refractivity contribution in [3.05, 3.63) is 34.9 Å². The number of hydrogen-bond donors (Lipinski definition) is 1. The molecule has 0 amide bonds. The van der Waals surface area contributed by atoms with Crippen LogP contribution in [0.15, 0.2) is 24.3 Å². The van der Waals surface area contributed by atoms with Crippen LogP contribution in [0.1, 0.15) is 25.5 Å². The van der Waals surface area contributed by atoms with E-state index in [1.165, 1.54) is 0 Å². The van der Waals surface area contributed by atoms with Gasteiger partial charge in [0.1, 0.15) is 0 Å². The van der Waals surface area contributed by atoms with Crippen LogP contribution >= 0.6 is 11.6 Å². The molecule has 1 aliphatic rings. The zero-order valence-electron chi connectivity index (χ0n) is 11.0. The molecule has 0 radical (unpaired) electrons. The largest absolute Gasteiger partial charge is 0.376 e. The van der Waals surface area contributed by atoms with Gasteiger partial charge >= 0.3 is 0 Å². The van der Waals surface area contributed by atoms with Crippen LogP contribution in [0.2, 0.25) is 5.02 Å². The third-order valence-electron chi connectivity index (χ3n) is 3.54. The van der Waals surface area contributed by atoms with Crippen molar-refractivity contribution in [1.82, 2.24) is 4.90 Å². The molecule has 1 aliphatic heterocycles. The topological polar surface area (TPSA) is 38.5 Å². The molecule has 1 saturated heterocycles. The van der Waals surface area contributed by atoms with Gasteiger partial charge in [-0.05, 0) is 25.5 Å². The summed E-state index contributed by atoms with van der Waals surface area (Å²) in [4.78, 5) is 2.40. The second-order valence-corrected chi connectivity index (χ2v) is 5.37. The fourth-order valence-electron chi connectivity index (χ4n) is 2.55. The zero-order chi connectivity index (χ0) is 13.1. The van der Waals surface area contributed by atoms with E-state index in [1.807, 2.05) is 18.2 Å². The monoisotopic (exact) mass is 268 g/mol. The second kappa shape index (κ2) is 6.02. The van der Waals surface area contributed by atoms with Gasteiger partial charge in [0.25, 0.3) is 0 Å². The minimum absolute atomic E-state index is 0.167. The molecule has 0 bridgehead atoms. The molecule has 2 rings (SSSR count). The first-order valence-electron chi connectivity index (χ1n) is 6.45. The van der Waals surface area contributed by atoms with Crippen LogP contribution in [0.3, 0.4) is 0 Å². The second-order valence-electron chi connectivity index (χ2n) is 4.96. The maximum atomic E-state index is 6.29. The standard InChI is InChI=1S/C14H21ClN2O/c1-10-9-18-11(2)8-17(10)14(7-16)12-5-3-4-6-13(12)15/h3-6,10-11,14H,7-9,16H2,1-2H3.